The summed E-state index contributed by atoms with van der Waals surface area (Å²) in [7, 11) is 3.82. The Hall–Kier alpha value is -1.40. The largest absolute Gasteiger partial charge is 0.342 e. The lowest BCUT2D eigenvalue weighted by molar-refractivity contribution is -0.131. The highest BCUT2D eigenvalue weighted by molar-refractivity contribution is 5.78. The molecule has 1 aromatic rings. The summed E-state index contributed by atoms with van der Waals surface area (Å²) in [4.78, 5) is 16.1. The fourth-order valence-electron chi connectivity index (χ4n) is 2.57. The lowest BCUT2D eigenvalue weighted by Gasteiger charge is -2.27. The predicted molar refractivity (Wildman–Crippen MR) is 73.4 cm³/mol. The van der Waals surface area contributed by atoms with E-state index in [1.807, 2.05) is 36.3 Å². The number of likely N-dealkylation sites (N-methyl/N-ethyl adjacent to an activating group) is 1. The number of carbonyl (C=O) groups is 1. The van der Waals surface area contributed by atoms with E-state index < -0.39 is 0 Å². The van der Waals surface area contributed by atoms with E-state index in [4.69, 9.17) is 5.73 Å². The van der Waals surface area contributed by atoms with Crippen molar-refractivity contribution in [3.05, 3.63) is 18.0 Å². The summed E-state index contributed by atoms with van der Waals surface area (Å²) in [5.74, 6) is 0.197. The molecule has 106 valence electrons. The summed E-state index contributed by atoms with van der Waals surface area (Å²) in [6, 6.07) is 0.0419. The first kappa shape index (κ1) is 14.0. The van der Waals surface area contributed by atoms with Gasteiger partial charge in [0.15, 0.2) is 0 Å². The molecule has 6 nitrogen and oxygen atoms in total. The van der Waals surface area contributed by atoms with E-state index >= 15 is 0 Å². The van der Waals surface area contributed by atoms with Crippen LogP contribution < -0.4 is 5.73 Å². The van der Waals surface area contributed by atoms with Crippen LogP contribution in [0.2, 0.25) is 0 Å². The Bertz CT molecular complexity index is 424. The van der Waals surface area contributed by atoms with E-state index in [1.54, 1.807) is 4.68 Å². The maximum Gasteiger partial charge on any atom is 0.236 e. The molecule has 19 heavy (non-hydrogen) atoms. The van der Waals surface area contributed by atoms with Crippen molar-refractivity contribution in [2.24, 2.45) is 12.8 Å². The Kier molecular flexibility index (Phi) is 4.55. The van der Waals surface area contributed by atoms with Crippen molar-refractivity contribution in [1.29, 1.82) is 0 Å². The maximum atomic E-state index is 12.1. The van der Waals surface area contributed by atoms with Crippen LogP contribution in [0, 0.1) is 0 Å². The van der Waals surface area contributed by atoms with Gasteiger partial charge in [0.25, 0.3) is 0 Å². The van der Waals surface area contributed by atoms with Gasteiger partial charge in [-0.05, 0) is 19.9 Å². The number of nitrogens with zero attached hydrogens (tertiary/aromatic N) is 4. The Morgan fingerprint density at radius 2 is 2.21 bits per heavy atom. The Morgan fingerprint density at radius 3 is 2.74 bits per heavy atom. The van der Waals surface area contributed by atoms with Crippen molar-refractivity contribution in [3.63, 3.8) is 0 Å². The van der Waals surface area contributed by atoms with Gasteiger partial charge in [-0.25, -0.2) is 0 Å². The minimum absolute atomic E-state index is 0.0419. The van der Waals surface area contributed by atoms with Gasteiger partial charge in [0.05, 0.1) is 18.8 Å². The molecule has 1 unspecified atom stereocenters. The topological polar surface area (TPSA) is 67.4 Å². The van der Waals surface area contributed by atoms with Crippen molar-refractivity contribution in [2.75, 3.05) is 33.2 Å². The number of hydrogen-bond acceptors (Lipinski definition) is 4. The highest BCUT2D eigenvalue weighted by atomic mass is 16.2. The third kappa shape index (κ3) is 3.33. The number of aromatic nitrogens is 2. The van der Waals surface area contributed by atoms with Gasteiger partial charge in [0, 0.05) is 38.4 Å². The Morgan fingerprint density at radius 1 is 1.53 bits per heavy atom. The molecule has 1 aliphatic rings. The predicted octanol–water partition coefficient (Wildman–Crippen LogP) is -0.0259. The standard InChI is InChI=1S/C13H23N5O/c1-16(10-13(19)18-5-3-4-6-18)12(7-14)11-8-15-17(2)9-11/h8-9,12H,3-7,10,14H2,1-2H3. The van der Waals surface area contributed by atoms with Crippen molar-refractivity contribution < 1.29 is 4.79 Å². The second kappa shape index (κ2) is 6.16. The maximum absolute atomic E-state index is 12.1. The van der Waals surface area contributed by atoms with Crippen LogP contribution in [0.5, 0.6) is 0 Å². The number of rotatable bonds is 5. The summed E-state index contributed by atoms with van der Waals surface area (Å²) in [6.07, 6.45) is 6.01. The minimum Gasteiger partial charge on any atom is -0.342 e. The zero-order valence-corrected chi connectivity index (χ0v) is 11.7. The quantitative estimate of drug-likeness (QED) is 0.812. The van der Waals surface area contributed by atoms with Crippen molar-refractivity contribution in [1.82, 2.24) is 19.6 Å². The first-order valence-electron chi connectivity index (χ1n) is 6.78. The van der Waals surface area contributed by atoms with Crippen LogP contribution in [0.1, 0.15) is 24.4 Å². The average molecular weight is 265 g/mol. The third-order valence-corrected chi connectivity index (χ3v) is 3.71. The van der Waals surface area contributed by atoms with Crippen LogP contribution in [-0.2, 0) is 11.8 Å². The van der Waals surface area contributed by atoms with Crippen LogP contribution >= 0.6 is 0 Å². The number of likely N-dealkylation sites (tertiary alicyclic amines) is 1. The van der Waals surface area contributed by atoms with E-state index in [9.17, 15) is 4.79 Å². The van der Waals surface area contributed by atoms with Gasteiger partial charge in [-0.2, -0.15) is 5.10 Å². The zero-order chi connectivity index (χ0) is 13.8. The monoisotopic (exact) mass is 265 g/mol. The number of carbonyl (C=O) groups excluding carboxylic acids is 1. The summed E-state index contributed by atoms with van der Waals surface area (Å²) in [6.45, 7) is 2.69. The SMILES string of the molecule is CN(CC(=O)N1CCCC1)C(CN)c1cnn(C)c1. The molecule has 1 aliphatic heterocycles. The fraction of sp³-hybridized carbons (Fsp3) is 0.692. The highest BCUT2D eigenvalue weighted by Crippen LogP contribution is 2.18. The van der Waals surface area contributed by atoms with Gasteiger partial charge in [-0.1, -0.05) is 0 Å². The van der Waals surface area contributed by atoms with Gasteiger partial charge in [0.1, 0.15) is 0 Å². The normalized spacial score (nSPS) is 17.2. The van der Waals surface area contributed by atoms with E-state index in [0.29, 0.717) is 13.1 Å². The van der Waals surface area contributed by atoms with Gasteiger partial charge < -0.3 is 10.6 Å². The molecule has 0 saturated carbocycles. The van der Waals surface area contributed by atoms with Crippen LogP contribution in [0.25, 0.3) is 0 Å². The summed E-state index contributed by atoms with van der Waals surface area (Å²) < 4.78 is 1.76. The van der Waals surface area contributed by atoms with E-state index in [-0.39, 0.29) is 11.9 Å². The molecular weight excluding hydrogens is 242 g/mol. The molecule has 1 fully saturated rings. The number of amides is 1. The van der Waals surface area contributed by atoms with Crippen molar-refractivity contribution >= 4 is 5.91 Å². The molecule has 1 amide bonds. The summed E-state index contributed by atoms with van der Waals surface area (Å²) in [5, 5.41) is 4.16. The molecule has 0 bridgehead atoms. The van der Waals surface area contributed by atoms with Crippen LogP contribution in [0.4, 0.5) is 0 Å². The Labute approximate surface area is 114 Å². The second-order valence-electron chi connectivity index (χ2n) is 5.20. The number of aryl methyl sites for hydroxylation is 1. The minimum atomic E-state index is 0.0419. The van der Waals surface area contributed by atoms with E-state index in [2.05, 4.69) is 5.10 Å². The molecule has 1 aromatic heterocycles. The van der Waals surface area contributed by atoms with Gasteiger partial charge in [0.2, 0.25) is 5.91 Å². The molecule has 6 heteroatoms. The molecule has 1 saturated heterocycles. The van der Waals surface area contributed by atoms with Crippen LogP contribution in [0.15, 0.2) is 12.4 Å². The molecule has 1 atom stereocenters. The second-order valence-corrected chi connectivity index (χ2v) is 5.20. The molecule has 2 rings (SSSR count). The highest BCUT2D eigenvalue weighted by Gasteiger charge is 2.23. The Balaban J connectivity index is 1.96. The van der Waals surface area contributed by atoms with Crippen LogP contribution in [-0.4, -0.2) is 58.7 Å². The summed E-state index contributed by atoms with van der Waals surface area (Å²) in [5.41, 5.74) is 6.90. The summed E-state index contributed by atoms with van der Waals surface area (Å²) >= 11 is 0. The smallest absolute Gasteiger partial charge is 0.236 e. The first-order valence-corrected chi connectivity index (χ1v) is 6.78. The van der Waals surface area contributed by atoms with Gasteiger partial charge in [-0.15, -0.1) is 0 Å². The molecule has 0 spiro atoms. The van der Waals surface area contributed by atoms with E-state index in [1.165, 1.54) is 0 Å². The fourth-order valence-corrected chi connectivity index (χ4v) is 2.57. The van der Waals surface area contributed by atoms with E-state index in [0.717, 1.165) is 31.5 Å². The third-order valence-electron chi connectivity index (χ3n) is 3.71. The molecule has 0 aromatic carbocycles. The van der Waals surface area contributed by atoms with Crippen molar-refractivity contribution in [2.45, 2.75) is 18.9 Å². The number of nitrogens with two attached hydrogens (primary N) is 1. The molecular formula is C13H23N5O. The molecule has 0 aliphatic carbocycles. The van der Waals surface area contributed by atoms with Crippen molar-refractivity contribution in [3.8, 4) is 0 Å². The number of hydrogen-bond donors (Lipinski definition) is 1. The van der Waals surface area contributed by atoms with Gasteiger partial charge >= 0.3 is 0 Å². The average Bonchev–Trinajstić information content (AvgIpc) is 3.01. The lowest BCUT2D eigenvalue weighted by atomic mass is 10.1. The zero-order valence-electron chi connectivity index (χ0n) is 11.7. The van der Waals surface area contributed by atoms with Crippen LogP contribution in [0.3, 0.4) is 0 Å². The first-order chi connectivity index (χ1) is 9.11. The molecule has 0 radical (unpaired) electrons. The molecule has 2 heterocycles. The molecule has 2 N–H and O–H groups in total. The lowest BCUT2D eigenvalue weighted by Crippen LogP contribution is -2.40. The van der Waals surface area contributed by atoms with Gasteiger partial charge in [-0.3, -0.25) is 14.4 Å².